The van der Waals surface area contributed by atoms with Crippen molar-refractivity contribution in [2.24, 2.45) is 5.41 Å². The van der Waals surface area contributed by atoms with E-state index in [0.29, 0.717) is 6.42 Å². The van der Waals surface area contributed by atoms with Crippen molar-refractivity contribution in [2.75, 3.05) is 0 Å². The van der Waals surface area contributed by atoms with Crippen LogP contribution in [-0.2, 0) is 9.53 Å². The molecule has 76 valence electrons. The van der Waals surface area contributed by atoms with E-state index in [4.69, 9.17) is 11.2 Å². The molecule has 0 spiro atoms. The summed E-state index contributed by atoms with van der Waals surface area (Å²) in [5.74, 6) is 1.96. The first kappa shape index (κ1) is 12.5. The highest BCUT2D eigenvalue weighted by atomic mass is 16.5. The van der Waals surface area contributed by atoms with Crippen LogP contribution < -0.4 is 0 Å². The van der Waals surface area contributed by atoms with E-state index in [1.54, 1.807) is 6.08 Å². The van der Waals surface area contributed by atoms with Gasteiger partial charge in [-0.05, 0) is 6.42 Å². The maximum absolute atomic E-state index is 11.0. The van der Waals surface area contributed by atoms with Crippen molar-refractivity contribution in [1.29, 1.82) is 0 Å². The zero-order valence-electron chi connectivity index (χ0n) is 8.75. The smallest absolute Gasteiger partial charge is 0.331 e. The van der Waals surface area contributed by atoms with Crippen molar-refractivity contribution in [3.8, 4) is 12.3 Å². The van der Waals surface area contributed by atoms with Gasteiger partial charge in [-0.1, -0.05) is 32.4 Å². The monoisotopic (exact) mass is 192 g/mol. The Morgan fingerprint density at radius 3 is 2.57 bits per heavy atom. The van der Waals surface area contributed by atoms with Crippen LogP contribution >= 0.6 is 0 Å². The van der Waals surface area contributed by atoms with Crippen molar-refractivity contribution in [1.82, 2.24) is 0 Å². The third kappa shape index (κ3) is 3.49. The highest BCUT2D eigenvalue weighted by molar-refractivity contribution is 5.81. The Morgan fingerprint density at radius 2 is 2.21 bits per heavy atom. The second-order valence-electron chi connectivity index (χ2n) is 3.67. The minimum absolute atomic E-state index is 0.296. The van der Waals surface area contributed by atoms with Gasteiger partial charge in [-0.25, -0.2) is 4.79 Å². The summed E-state index contributed by atoms with van der Waals surface area (Å²) in [6.45, 7) is 10.8. The fourth-order valence-electron chi connectivity index (χ4n) is 1.06. The maximum Gasteiger partial charge on any atom is 0.331 e. The maximum atomic E-state index is 11.0. The van der Waals surface area contributed by atoms with E-state index in [1.165, 1.54) is 0 Å². The van der Waals surface area contributed by atoms with Gasteiger partial charge in [-0.15, -0.1) is 13.0 Å². The summed E-state index contributed by atoms with van der Waals surface area (Å²) in [4.78, 5) is 11.0. The van der Waals surface area contributed by atoms with E-state index in [1.807, 2.05) is 13.8 Å². The lowest BCUT2D eigenvalue weighted by Crippen LogP contribution is -2.32. The summed E-state index contributed by atoms with van der Waals surface area (Å²) in [7, 11) is 0. The SMILES string of the molecule is C#CC(OC(=O)C=C)C(C)(C)CC=C. The molecule has 0 aromatic carbocycles. The molecule has 0 radical (unpaired) electrons. The summed E-state index contributed by atoms with van der Waals surface area (Å²) in [5.41, 5.74) is -0.296. The first-order valence-electron chi connectivity index (χ1n) is 4.38. The van der Waals surface area contributed by atoms with Gasteiger partial charge in [0.15, 0.2) is 6.10 Å². The van der Waals surface area contributed by atoms with E-state index in [9.17, 15) is 4.79 Å². The Bertz CT molecular complexity index is 269. The molecule has 0 aromatic heterocycles. The molecule has 0 aliphatic heterocycles. The Balaban J connectivity index is 4.56. The molecule has 0 fully saturated rings. The quantitative estimate of drug-likeness (QED) is 0.289. The highest BCUT2D eigenvalue weighted by Crippen LogP contribution is 2.27. The predicted octanol–water partition coefficient (Wildman–Crippen LogP) is 2.32. The molecule has 0 saturated heterocycles. The lowest BCUT2D eigenvalue weighted by molar-refractivity contribution is -0.144. The van der Waals surface area contributed by atoms with Gasteiger partial charge in [0.05, 0.1) is 0 Å². The minimum atomic E-state index is -0.550. The Kier molecular flexibility index (Phi) is 4.72. The number of esters is 1. The molecule has 0 aliphatic carbocycles. The van der Waals surface area contributed by atoms with Gasteiger partial charge in [-0.3, -0.25) is 0 Å². The van der Waals surface area contributed by atoms with E-state index < -0.39 is 12.1 Å². The second kappa shape index (κ2) is 5.29. The van der Waals surface area contributed by atoms with Crippen LogP contribution in [-0.4, -0.2) is 12.1 Å². The third-order valence-corrected chi connectivity index (χ3v) is 1.93. The Morgan fingerprint density at radius 1 is 1.64 bits per heavy atom. The number of carbonyl (C=O) groups excluding carboxylic acids is 1. The number of hydrogen-bond acceptors (Lipinski definition) is 2. The van der Waals surface area contributed by atoms with Crippen LogP contribution in [0, 0.1) is 17.8 Å². The standard InChI is InChI=1S/C12H16O2/c1-6-9-12(4,5)10(7-2)14-11(13)8-3/h2,6,8,10H,1,3,9H2,4-5H3. The molecule has 1 atom stereocenters. The van der Waals surface area contributed by atoms with Gasteiger partial charge in [0, 0.05) is 11.5 Å². The zero-order valence-corrected chi connectivity index (χ0v) is 8.75. The number of carbonyl (C=O) groups is 1. The van der Waals surface area contributed by atoms with Gasteiger partial charge in [-0.2, -0.15) is 0 Å². The van der Waals surface area contributed by atoms with Crippen molar-refractivity contribution >= 4 is 5.97 Å². The summed E-state index contributed by atoms with van der Waals surface area (Å²) in [5, 5.41) is 0. The second-order valence-corrected chi connectivity index (χ2v) is 3.67. The molecule has 1 unspecified atom stereocenters. The van der Waals surface area contributed by atoms with Crippen LogP contribution in [0.15, 0.2) is 25.3 Å². The first-order chi connectivity index (χ1) is 6.47. The number of ether oxygens (including phenoxy) is 1. The van der Waals surface area contributed by atoms with Crippen molar-refractivity contribution < 1.29 is 9.53 Å². The number of hydrogen-bond donors (Lipinski definition) is 0. The minimum Gasteiger partial charge on any atom is -0.445 e. The summed E-state index contributed by atoms with van der Waals surface area (Å²) < 4.78 is 5.03. The van der Waals surface area contributed by atoms with Crippen LogP contribution in [0.2, 0.25) is 0 Å². The zero-order chi connectivity index (χ0) is 11.2. The fourth-order valence-corrected chi connectivity index (χ4v) is 1.06. The van der Waals surface area contributed by atoms with E-state index in [0.717, 1.165) is 6.08 Å². The molecule has 0 bridgehead atoms. The molecule has 0 aromatic rings. The molecule has 0 saturated carbocycles. The van der Waals surface area contributed by atoms with Crippen LogP contribution in [0.25, 0.3) is 0 Å². The molecule has 14 heavy (non-hydrogen) atoms. The van der Waals surface area contributed by atoms with Crippen molar-refractivity contribution in [2.45, 2.75) is 26.4 Å². The fraction of sp³-hybridized carbons (Fsp3) is 0.417. The van der Waals surface area contributed by atoms with Gasteiger partial charge >= 0.3 is 5.97 Å². The Labute approximate surface area is 85.6 Å². The van der Waals surface area contributed by atoms with Gasteiger partial charge < -0.3 is 4.74 Å². The number of allylic oxidation sites excluding steroid dienone is 1. The Hall–Kier alpha value is -1.49. The molecule has 0 heterocycles. The molecular weight excluding hydrogens is 176 g/mol. The summed E-state index contributed by atoms with van der Waals surface area (Å²) >= 11 is 0. The van der Waals surface area contributed by atoms with E-state index in [2.05, 4.69) is 19.1 Å². The van der Waals surface area contributed by atoms with Crippen LogP contribution in [0.4, 0.5) is 0 Å². The van der Waals surface area contributed by atoms with E-state index >= 15 is 0 Å². The normalized spacial score (nSPS) is 12.4. The topological polar surface area (TPSA) is 26.3 Å². The van der Waals surface area contributed by atoms with Crippen LogP contribution in [0.1, 0.15) is 20.3 Å². The van der Waals surface area contributed by atoms with Gasteiger partial charge in [0.25, 0.3) is 0 Å². The summed E-state index contributed by atoms with van der Waals surface area (Å²) in [6, 6.07) is 0. The lowest BCUT2D eigenvalue weighted by atomic mass is 9.83. The molecule has 0 aliphatic rings. The van der Waals surface area contributed by atoms with Crippen molar-refractivity contribution in [3.63, 3.8) is 0 Å². The molecular formula is C12H16O2. The van der Waals surface area contributed by atoms with E-state index in [-0.39, 0.29) is 5.41 Å². The largest absolute Gasteiger partial charge is 0.445 e. The average molecular weight is 192 g/mol. The molecule has 2 nitrogen and oxygen atoms in total. The first-order valence-corrected chi connectivity index (χ1v) is 4.38. The van der Waals surface area contributed by atoms with Gasteiger partial charge in [0.1, 0.15) is 0 Å². The molecule has 2 heteroatoms. The van der Waals surface area contributed by atoms with Gasteiger partial charge in [0.2, 0.25) is 0 Å². The average Bonchev–Trinajstić information content (AvgIpc) is 2.13. The highest BCUT2D eigenvalue weighted by Gasteiger charge is 2.29. The molecule has 0 amide bonds. The van der Waals surface area contributed by atoms with Crippen molar-refractivity contribution in [3.05, 3.63) is 25.3 Å². The van der Waals surface area contributed by atoms with Crippen LogP contribution in [0.5, 0.6) is 0 Å². The molecule has 0 rings (SSSR count). The number of rotatable bonds is 5. The predicted molar refractivity (Wildman–Crippen MR) is 57.5 cm³/mol. The molecule has 0 N–H and O–H groups in total. The third-order valence-electron chi connectivity index (χ3n) is 1.93. The lowest BCUT2D eigenvalue weighted by Gasteiger charge is -2.28. The number of terminal acetylenes is 1. The van der Waals surface area contributed by atoms with Crippen LogP contribution in [0.3, 0.4) is 0 Å². The summed E-state index contributed by atoms with van der Waals surface area (Å²) in [6.07, 6.45) is 8.29.